The Morgan fingerprint density at radius 2 is 2.27 bits per heavy atom. The van der Waals surface area contributed by atoms with Crippen molar-refractivity contribution in [3.63, 3.8) is 0 Å². The lowest BCUT2D eigenvalue weighted by Crippen LogP contribution is -2.44. The Balaban J connectivity index is 1.41. The van der Waals surface area contributed by atoms with E-state index >= 15 is 0 Å². The molecule has 2 N–H and O–H groups in total. The van der Waals surface area contributed by atoms with E-state index in [-0.39, 0.29) is 11.9 Å². The van der Waals surface area contributed by atoms with Gasteiger partial charge in [0.25, 0.3) is 0 Å². The molecule has 3 aromatic heterocycles. The second kappa shape index (κ2) is 9.03. The summed E-state index contributed by atoms with van der Waals surface area (Å²) in [6.45, 7) is 6.99. The fourth-order valence-electron chi connectivity index (χ4n) is 4.04. The number of aromatic amines is 1. The highest BCUT2D eigenvalue weighted by molar-refractivity contribution is 7.14. The molecule has 1 amide bonds. The molecule has 4 heterocycles. The van der Waals surface area contributed by atoms with Crippen molar-refractivity contribution in [2.45, 2.75) is 25.8 Å². The molecule has 33 heavy (non-hydrogen) atoms. The van der Waals surface area contributed by atoms with Crippen LogP contribution in [0.15, 0.2) is 55.4 Å². The molecule has 9 heteroatoms. The summed E-state index contributed by atoms with van der Waals surface area (Å²) < 4.78 is 6.28. The first-order chi connectivity index (χ1) is 16.1. The maximum Gasteiger partial charge on any atom is 0.246 e. The van der Waals surface area contributed by atoms with Crippen molar-refractivity contribution in [1.29, 1.82) is 0 Å². The Morgan fingerprint density at radius 1 is 1.36 bits per heavy atom. The van der Waals surface area contributed by atoms with Gasteiger partial charge in [-0.1, -0.05) is 18.7 Å². The van der Waals surface area contributed by atoms with Crippen LogP contribution in [0, 0.1) is 6.92 Å². The van der Waals surface area contributed by atoms with Crippen LogP contribution in [0.2, 0.25) is 0 Å². The van der Waals surface area contributed by atoms with Crippen LogP contribution in [-0.2, 0) is 4.79 Å². The summed E-state index contributed by atoms with van der Waals surface area (Å²) >= 11 is 1.65. The van der Waals surface area contributed by atoms with E-state index in [0.29, 0.717) is 29.5 Å². The van der Waals surface area contributed by atoms with Crippen LogP contribution in [-0.4, -0.2) is 50.1 Å². The highest BCUT2D eigenvalue weighted by atomic mass is 32.1. The van der Waals surface area contributed by atoms with E-state index in [2.05, 4.69) is 32.1 Å². The third-order valence-corrected chi connectivity index (χ3v) is 6.56. The van der Waals surface area contributed by atoms with E-state index in [9.17, 15) is 4.79 Å². The quantitative estimate of drug-likeness (QED) is 0.402. The number of hydrogen-bond donors (Lipinski definition) is 2. The minimum Gasteiger partial charge on any atom is -0.456 e. The van der Waals surface area contributed by atoms with Gasteiger partial charge in [0.2, 0.25) is 5.91 Å². The fourth-order valence-corrected chi connectivity index (χ4v) is 4.80. The number of H-pyrrole nitrogens is 1. The standard InChI is InChI=1S/C24H24N6O2S/c1-3-20(31)30-11-5-7-17(14-30)27-23-21-19(9-10-25-22(21)28-29-23)32-18-8-4-6-16(12-18)24-26-13-15(2)33-24/h3-4,6,8-10,12-13,17H,1,5,7,11,14H2,2H3,(H2,25,27,28,29)/t17-/m1/s1. The third-order valence-electron chi connectivity index (χ3n) is 5.60. The molecule has 5 rings (SSSR count). The minimum absolute atomic E-state index is 0.0469. The van der Waals surface area contributed by atoms with Gasteiger partial charge in [0.1, 0.15) is 21.9 Å². The van der Waals surface area contributed by atoms with Crippen molar-refractivity contribution < 1.29 is 9.53 Å². The maximum absolute atomic E-state index is 12.0. The lowest BCUT2D eigenvalue weighted by Gasteiger charge is -2.32. The number of thiazole rings is 1. The van der Waals surface area contributed by atoms with Gasteiger partial charge in [0.15, 0.2) is 11.5 Å². The summed E-state index contributed by atoms with van der Waals surface area (Å²) in [5.74, 6) is 1.98. The summed E-state index contributed by atoms with van der Waals surface area (Å²) in [5.41, 5.74) is 1.65. The molecule has 1 aliphatic heterocycles. The molecule has 168 valence electrons. The van der Waals surface area contributed by atoms with E-state index in [1.165, 1.54) is 6.08 Å². The zero-order valence-corrected chi connectivity index (χ0v) is 19.1. The average Bonchev–Trinajstić information content (AvgIpc) is 3.46. The van der Waals surface area contributed by atoms with Crippen molar-refractivity contribution in [1.82, 2.24) is 25.1 Å². The molecule has 1 fully saturated rings. The molecule has 8 nitrogen and oxygen atoms in total. The van der Waals surface area contributed by atoms with Crippen molar-refractivity contribution in [2.75, 3.05) is 18.4 Å². The SMILES string of the molecule is C=CC(=O)N1CCC[C@@H](Nc2n[nH]c3nccc(Oc4cccc(-c5ncc(C)s5)c4)c23)C1. The third kappa shape index (κ3) is 4.45. The molecule has 0 spiro atoms. The first-order valence-corrected chi connectivity index (χ1v) is 11.6. The van der Waals surface area contributed by atoms with E-state index < -0.39 is 0 Å². The van der Waals surface area contributed by atoms with Crippen LogP contribution in [0.4, 0.5) is 5.82 Å². The monoisotopic (exact) mass is 460 g/mol. The van der Waals surface area contributed by atoms with Crippen molar-refractivity contribution in [3.8, 4) is 22.1 Å². The molecule has 0 unspecified atom stereocenters. The number of carbonyl (C=O) groups excluding carboxylic acids is 1. The number of hydrogen-bond acceptors (Lipinski definition) is 7. The van der Waals surface area contributed by atoms with Crippen LogP contribution < -0.4 is 10.1 Å². The first kappa shape index (κ1) is 21.1. The summed E-state index contributed by atoms with van der Waals surface area (Å²) in [4.78, 5) is 23.9. The molecule has 1 saturated heterocycles. The number of fused-ring (bicyclic) bond motifs is 1. The molecular formula is C24H24N6O2S. The number of benzene rings is 1. The van der Waals surface area contributed by atoms with Crippen molar-refractivity contribution in [2.24, 2.45) is 0 Å². The Bertz CT molecular complexity index is 1310. The first-order valence-electron chi connectivity index (χ1n) is 10.8. The van der Waals surface area contributed by atoms with Gasteiger partial charge >= 0.3 is 0 Å². The molecule has 0 aliphatic carbocycles. The molecule has 1 aliphatic rings. The van der Waals surface area contributed by atoms with Gasteiger partial charge in [-0.2, -0.15) is 5.10 Å². The number of rotatable bonds is 6. The second-order valence-electron chi connectivity index (χ2n) is 7.98. The van der Waals surface area contributed by atoms with Gasteiger partial charge in [-0.25, -0.2) is 9.97 Å². The number of amides is 1. The number of likely N-dealkylation sites (tertiary alicyclic amines) is 1. The van der Waals surface area contributed by atoms with Crippen LogP contribution in [0.3, 0.4) is 0 Å². The largest absolute Gasteiger partial charge is 0.456 e. The molecule has 1 aromatic carbocycles. The minimum atomic E-state index is -0.0469. The van der Waals surface area contributed by atoms with Crippen molar-refractivity contribution in [3.05, 3.63) is 60.3 Å². The van der Waals surface area contributed by atoms with Gasteiger partial charge in [-0.3, -0.25) is 9.89 Å². The molecule has 0 bridgehead atoms. The Hall–Kier alpha value is -3.72. The predicted molar refractivity (Wildman–Crippen MR) is 130 cm³/mol. The van der Waals surface area contributed by atoms with Crippen LogP contribution >= 0.6 is 11.3 Å². The number of aryl methyl sites for hydroxylation is 1. The summed E-state index contributed by atoms with van der Waals surface area (Å²) in [5, 5.41) is 12.6. The molecule has 0 saturated carbocycles. The summed E-state index contributed by atoms with van der Waals surface area (Å²) in [6, 6.07) is 9.80. The number of piperidine rings is 1. The number of nitrogens with one attached hydrogen (secondary N) is 2. The average molecular weight is 461 g/mol. The normalized spacial score (nSPS) is 16.0. The smallest absolute Gasteiger partial charge is 0.246 e. The van der Waals surface area contributed by atoms with E-state index in [0.717, 1.165) is 40.2 Å². The van der Waals surface area contributed by atoms with E-state index in [1.54, 1.807) is 17.5 Å². The summed E-state index contributed by atoms with van der Waals surface area (Å²) in [6.07, 6.45) is 6.80. The molecule has 0 radical (unpaired) electrons. The van der Waals surface area contributed by atoms with Gasteiger partial charge in [-0.05, 0) is 38.0 Å². The zero-order valence-electron chi connectivity index (χ0n) is 18.2. The van der Waals surface area contributed by atoms with Crippen LogP contribution in [0.25, 0.3) is 21.6 Å². The number of ether oxygens (including phenoxy) is 1. The van der Waals surface area contributed by atoms with Gasteiger partial charge < -0.3 is 15.0 Å². The number of anilines is 1. The van der Waals surface area contributed by atoms with Crippen LogP contribution in [0.5, 0.6) is 11.5 Å². The zero-order chi connectivity index (χ0) is 22.8. The van der Waals surface area contributed by atoms with Gasteiger partial charge in [0.05, 0.1) is 0 Å². The van der Waals surface area contributed by atoms with Gasteiger partial charge in [-0.15, -0.1) is 11.3 Å². The molecular weight excluding hydrogens is 436 g/mol. The lowest BCUT2D eigenvalue weighted by molar-refractivity contribution is -0.127. The Morgan fingerprint density at radius 3 is 3.09 bits per heavy atom. The van der Waals surface area contributed by atoms with E-state index in [1.807, 2.05) is 48.4 Å². The number of carbonyl (C=O) groups is 1. The lowest BCUT2D eigenvalue weighted by atomic mass is 10.1. The number of nitrogens with zero attached hydrogens (tertiary/aromatic N) is 4. The summed E-state index contributed by atoms with van der Waals surface area (Å²) in [7, 11) is 0. The van der Waals surface area contributed by atoms with Crippen LogP contribution in [0.1, 0.15) is 17.7 Å². The van der Waals surface area contributed by atoms with Gasteiger partial charge in [0, 0.05) is 48.0 Å². The maximum atomic E-state index is 12.0. The molecule has 1 atom stereocenters. The van der Waals surface area contributed by atoms with Crippen molar-refractivity contribution >= 4 is 34.1 Å². The predicted octanol–water partition coefficient (Wildman–Crippen LogP) is 4.77. The van der Waals surface area contributed by atoms with E-state index in [4.69, 9.17) is 4.74 Å². The molecule has 4 aromatic rings. The highest BCUT2D eigenvalue weighted by Crippen LogP contribution is 2.35. The number of aromatic nitrogens is 4. The highest BCUT2D eigenvalue weighted by Gasteiger charge is 2.24. The second-order valence-corrected chi connectivity index (χ2v) is 9.22. The Kier molecular flexibility index (Phi) is 5.78. The number of pyridine rings is 1. The topological polar surface area (TPSA) is 96.0 Å². The Labute approximate surface area is 195 Å². The fraction of sp³-hybridized carbons (Fsp3) is 0.250.